The average molecular weight is 693 g/mol. The first-order valence-electron chi connectivity index (χ1n) is 4.94. The van der Waals surface area contributed by atoms with Gasteiger partial charge in [0.2, 0.25) is 12.8 Å². The van der Waals surface area contributed by atoms with E-state index in [1.807, 2.05) is 18.8 Å². The Morgan fingerprint density at radius 3 is 0.710 bits per heavy atom. The van der Waals surface area contributed by atoms with Crippen LogP contribution in [0.3, 0.4) is 0 Å². The predicted octanol–water partition coefficient (Wildman–Crippen LogP) is 2.53. The minimum absolute atomic E-state index is 0. The number of thioether (sulfide) groups is 1. The third-order valence-electron chi connectivity index (χ3n) is 0.118. The molecule has 31 heavy (non-hydrogen) atoms. The number of rotatable bonds is 1. The van der Waals surface area contributed by atoms with Crippen molar-refractivity contribution in [1.29, 1.82) is 0 Å². The zero-order valence-corrected chi connectivity index (χ0v) is 27.9. The van der Waals surface area contributed by atoms with Crippen LogP contribution in [0.5, 0.6) is 0 Å². The number of carbonyl (C=O) groups is 2. The second-order valence-electron chi connectivity index (χ2n) is 1.13. The molecule has 11 N–H and O–H groups in total. The lowest BCUT2D eigenvalue weighted by Crippen LogP contribution is -1.98. The second-order valence-corrected chi connectivity index (χ2v) is 3.41. The van der Waals surface area contributed by atoms with Gasteiger partial charge in [0.15, 0.2) is 0 Å². The van der Waals surface area contributed by atoms with Gasteiger partial charge in [0.1, 0.15) is 0 Å². The highest BCUT2D eigenvalue weighted by molar-refractivity contribution is 8.68. The molecule has 0 bridgehead atoms. The molecule has 0 aromatic heterocycles. The molecule has 2 amide bonds. The zero-order chi connectivity index (χ0) is 23.5. The van der Waals surface area contributed by atoms with Gasteiger partial charge in [-0.2, -0.15) is 49.6 Å². The molecule has 0 heterocycles. The molecule has 20 heteroatoms. The van der Waals surface area contributed by atoms with Gasteiger partial charge in [-0.15, -0.1) is 92.4 Å². The molecule has 214 valence electrons. The van der Waals surface area contributed by atoms with Crippen LogP contribution in [0, 0.1) is 0 Å². The molecule has 0 fully saturated rings. The Morgan fingerprint density at radius 1 is 0.677 bits per heavy atom. The van der Waals surface area contributed by atoms with Crippen molar-refractivity contribution >= 4 is 155 Å². The Morgan fingerprint density at radius 2 is 0.710 bits per heavy atom. The summed E-state index contributed by atoms with van der Waals surface area (Å²) < 4.78 is 0. The van der Waals surface area contributed by atoms with Gasteiger partial charge in [-0.25, -0.2) is 0 Å². The van der Waals surface area contributed by atoms with Crippen molar-refractivity contribution in [2.24, 2.45) is 5.73 Å². The summed E-state index contributed by atoms with van der Waals surface area (Å²) in [6, 6.07) is 0. The highest BCUT2D eigenvalue weighted by atomic mass is 33.1. The summed E-state index contributed by atoms with van der Waals surface area (Å²) in [6.45, 7) is 0. The van der Waals surface area contributed by atoms with Crippen LogP contribution in [0.25, 0.3) is 0 Å². The van der Waals surface area contributed by atoms with E-state index in [0.29, 0.717) is 6.41 Å². The lowest BCUT2D eigenvalue weighted by molar-refractivity contribution is -0.109. The summed E-state index contributed by atoms with van der Waals surface area (Å²) in [6.07, 6.45) is 11.9. The summed E-state index contributed by atoms with van der Waals surface area (Å²) in [4.78, 5) is 17.6. The van der Waals surface area contributed by atoms with Crippen LogP contribution >= 0.6 is 142 Å². The molecule has 0 aromatic rings. The standard InChI is InChI=1S/C2H5NO.C2H6S.CH3NO.CH4S2.3CH4S.2CH4.4H2O.3H2S2/c1-3-2-4;1-3-2;2-1-3;1-3-2;3*1-2;;;;;;;3*1-2/h2H,1H3,(H,3,4);1-2H3;1H,(H2,2,3);2H,1H3;3*2H,1H3;2*1H4;4*1H2;3*1-2H. The van der Waals surface area contributed by atoms with E-state index in [-0.39, 0.29) is 43.2 Å². The molecule has 0 aliphatic heterocycles. The van der Waals surface area contributed by atoms with Crippen molar-refractivity contribution in [3.63, 3.8) is 0 Å². The van der Waals surface area contributed by atoms with Gasteiger partial charge in [-0.05, 0) is 37.5 Å². The summed E-state index contributed by atoms with van der Waals surface area (Å²) in [5, 5.41) is 2.25. The van der Waals surface area contributed by atoms with E-state index >= 15 is 0 Å². The smallest absolute Gasteiger partial charge is 0.206 e. The van der Waals surface area contributed by atoms with Gasteiger partial charge in [-0.3, -0.25) is 9.59 Å². The van der Waals surface area contributed by atoms with Crippen molar-refractivity contribution in [3.05, 3.63) is 0 Å². The number of hydrogen-bond donors (Lipinski definition) is 12. The highest BCUT2D eigenvalue weighted by Gasteiger charge is 1.43. The molecule has 0 unspecified atom stereocenters. The maximum absolute atomic E-state index is 9.06. The molecule has 0 saturated carbocycles. The van der Waals surface area contributed by atoms with Crippen LogP contribution in [-0.2, 0) is 9.59 Å². The lowest BCUT2D eigenvalue weighted by atomic mass is 11.2. The Hall–Kier alpha value is 2.98. The molecule has 8 nitrogen and oxygen atoms in total. The minimum atomic E-state index is 0. The molecule has 0 atom stereocenters. The van der Waals surface area contributed by atoms with E-state index in [4.69, 9.17) is 9.59 Å². The fourth-order valence-corrected chi connectivity index (χ4v) is 0. The van der Waals surface area contributed by atoms with Gasteiger partial charge in [-0.1, -0.05) is 14.9 Å². The monoisotopic (exact) mass is 692 g/mol. The van der Waals surface area contributed by atoms with Gasteiger partial charge >= 0.3 is 0 Å². The number of nitrogens with one attached hydrogen (secondary N) is 1. The predicted molar refractivity (Wildman–Crippen MR) is 194 cm³/mol. The quantitative estimate of drug-likeness (QED) is 0.114. The fraction of sp³-hybridized carbons (Fsp3) is 0.818. The van der Waals surface area contributed by atoms with Gasteiger partial charge in [0.05, 0.1) is 0 Å². The maximum Gasteiger partial charge on any atom is 0.206 e. The van der Waals surface area contributed by atoms with Crippen molar-refractivity contribution in [2.45, 2.75) is 14.9 Å². The van der Waals surface area contributed by atoms with E-state index in [1.165, 1.54) is 10.8 Å². The molecular formula is C11H52N2O6S12. The number of carbonyl (C=O) groups excluding carboxylic acids is 2. The summed E-state index contributed by atoms with van der Waals surface area (Å²) in [5.74, 6) is 0. The first-order valence-corrected chi connectivity index (χ1v) is 16.3. The van der Waals surface area contributed by atoms with E-state index < -0.39 is 0 Å². The topological polar surface area (TPSA) is 198 Å². The normalized spacial score (nSPS) is 3.39. The van der Waals surface area contributed by atoms with Crippen molar-refractivity contribution in [3.8, 4) is 0 Å². The van der Waals surface area contributed by atoms with E-state index in [2.05, 4.69) is 131 Å². The van der Waals surface area contributed by atoms with Gasteiger partial charge < -0.3 is 33.0 Å². The molecular weight excluding hydrogens is 641 g/mol. The molecule has 0 aliphatic rings. The third-order valence-corrected chi connectivity index (χ3v) is 0.118. The molecule has 0 saturated heterocycles. The number of thiol groups is 10. The Balaban J connectivity index is -0.00000000570. The van der Waals surface area contributed by atoms with E-state index in [1.54, 1.807) is 37.6 Å². The maximum atomic E-state index is 9.06. The Bertz CT molecular complexity index is 106. The zero-order valence-electron chi connectivity index (χ0n) is 17.3. The van der Waals surface area contributed by atoms with Crippen LogP contribution in [-0.4, -0.2) is 79.3 Å². The molecule has 0 rings (SSSR count). The van der Waals surface area contributed by atoms with E-state index in [9.17, 15) is 0 Å². The van der Waals surface area contributed by atoms with E-state index in [0.717, 1.165) is 0 Å². The molecule has 0 radical (unpaired) electrons. The number of primary amides is 1. The SMILES string of the molecule is C.C.CNC=O.CS.CS.CS.CSC.CSS.NC=O.O.O.O.O.SS.SS.SS. The fourth-order valence-electron chi connectivity index (χ4n) is 0. The van der Waals surface area contributed by atoms with Crippen LogP contribution in [0.2, 0.25) is 0 Å². The van der Waals surface area contributed by atoms with Crippen molar-refractivity contribution < 1.29 is 31.5 Å². The highest BCUT2D eigenvalue weighted by Crippen LogP contribution is 1.91. The Kier molecular flexibility index (Phi) is 1950. The molecule has 0 spiro atoms. The van der Waals surface area contributed by atoms with Crippen LogP contribution in [0.15, 0.2) is 0 Å². The van der Waals surface area contributed by atoms with Crippen molar-refractivity contribution in [2.75, 3.05) is 44.6 Å². The van der Waals surface area contributed by atoms with Gasteiger partial charge in [0, 0.05) is 7.05 Å². The second kappa shape index (κ2) is 530. The largest absolute Gasteiger partial charge is 0.412 e. The molecule has 0 aromatic carbocycles. The number of amides is 2. The van der Waals surface area contributed by atoms with Crippen LogP contribution in [0.1, 0.15) is 14.9 Å². The average Bonchev–Trinajstić information content (AvgIpc) is 2.73. The van der Waals surface area contributed by atoms with Crippen LogP contribution in [0.4, 0.5) is 0 Å². The van der Waals surface area contributed by atoms with Crippen LogP contribution < -0.4 is 11.1 Å². The third kappa shape index (κ3) is 2000. The minimum Gasteiger partial charge on any atom is -0.412 e. The molecule has 0 aliphatic carbocycles. The first-order chi connectivity index (χ1) is 12.2. The first kappa shape index (κ1) is 114. The summed E-state index contributed by atoms with van der Waals surface area (Å²) in [7, 11) is 3.01. The summed E-state index contributed by atoms with van der Waals surface area (Å²) >= 11 is 35.4. The Labute approximate surface area is 254 Å². The number of hydrogen-bond acceptors (Lipinski definition) is 14. The lowest BCUT2D eigenvalue weighted by Gasteiger charge is -1.64. The van der Waals surface area contributed by atoms with Crippen molar-refractivity contribution in [1.82, 2.24) is 5.32 Å². The summed E-state index contributed by atoms with van der Waals surface area (Å²) in [5.41, 5.74) is 4.17. The van der Waals surface area contributed by atoms with Gasteiger partial charge in [0.25, 0.3) is 0 Å². The number of nitrogens with two attached hydrogens (primary N) is 1.